The average molecular weight is 546 g/mol. The molecule has 1 atom stereocenters. The monoisotopic (exact) mass is 545 g/mol. The summed E-state index contributed by atoms with van der Waals surface area (Å²) in [5, 5.41) is 8.32. The molecule has 0 aliphatic heterocycles. The van der Waals surface area contributed by atoms with Crippen LogP contribution in [-0.2, 0) is 9.59 Å². The van der Waals surface area contributed by atoms with Crippen LogP contribution in [0.2, 0.25) is 5.02 Å². The average Bonchev–Trinajstić information content (AvgIpc) is 3.43. The first-order valence-electron chi connectivity index (χ1n) is 11.6. The van der Waals surface area contributed by atoms with Gasteiger partial charge in [-0.25, -0.2) is 0 Å². The highest BCUT2D eigenvalue weighted by molar-refractivity contribution is 8.00. The number of carbonyl (C=O) groups excluding carboxylic acids is 3. The van der Waals surface area contributed by atoms with E-state index in [1.807, 2.05) is 6.07 Å². The molecule has 4 rings (SSSR count). The van der Waals surface area contributed by atoms with Crippen LogP contribution in [0.15, 0.2) is 112 Å². The number of hydrogen-bond donors (Lipinski definition) is 3. The Labute approximate surface area is 229 Å². The summed E-state index contributed by atoms with van der Waals surface area (Å²) in [6.07, 6.45) is 2.93. The number of hydrogen-bond acceptors (Lipinski definition) is 5. The summed E-state index contributed by atoms with van der Waals surface area (Å²) in [5.74, 6) is -0.755. The van der Waals surface area contributed by atoms with Crippen molar-refractivity contribution in [3.63, 3.8) is 0 Å². The van der Waals surface area contributed by atoms with Gasteiger partial charge in [-0.1, -0.05) is 48.0 Å². The van der Waals surface area contributed by atoms with Crippen molar-refractivity contribution in [1.82, 2.24) is 5.32 Å². The van der Waals surface area contributed by atoms with Crippen molar-refractivity contribution in [2.75, 3.05) is 10.6 Å². The molecule has 1 heterocycles. The van der Waals surface area contributed by atoms with Crippen LogP contribution in [0, 0.1) is 0 Å². The molecule has 3 amide bonds. The van der Waals surface area contributed by atoms with Crippen molar-refractivity contribution in [3.05, 3.63) is 119 Å². The number of benzene rings is 3. The molecule has 4 aromatic rings. The first kappa shape index (κ1) is 26.8. The van der Waals surface area contributed by atoms with Crippen LogP contribution in [0.3, 0.4) is 0 Å². The molecule has 192 valence electrons. The Bertz CT molecular complexity index is 1460. The predicted molar refractivity (Wildman–Crippen MR) is 151 cm³/mol. The number of halogens is 1. The summed E-state index contributed by atoms with van der Waals surface area (Å²) >= 11 is 7.47. The molecule has 1 aromatic heterocycles. The Morgan fingerprint density at radius 1 is 0.895 bits per heavy atom. The van der Waals surface area contributed by atoms with E-state index in [9.17, 15) is 14.4 Å². The first-order chi connectivity index (χ1) is 18.4. The van der Waals surface area contributed by atoms with Crippen molar-refractivity contribution in [2.24, 2.45) is 0 Å². The lowest BCUT2D eigenvalue weighted by Crippen LogP contribution is -2.30. The Hall–Kier alpha value is -4.27. The second kappa shape index (κ2) is 12.8. The van der Waals surface area contributed by atoms with E-state index in [1.165, 1.54) is 24.1 Å². The topological polar surface area (TPSA) is 100 Å². The molecule has 0 fully saturated rings. The van der Waals surface area contributed by atoms with Gasteiger partial charge in [0.15, 0.2) is 0 Å². The highest BCUT2D eigenvalue weighted by Crippen LogP contribution is 2.28. The van der Waals surface area contributed by atoms with Gasteiger partial charge >= 0.3 is 0 Å². The summed E-state index contributed by atoms with van der Waals surface area (Å²) in [4.78, 5) is 39.3. The lowest BCUT2D eigenvalue weighted by molar-refractivity contribution is -0.115. The van der Waals surface area contributed by atoms with Crippen molar-refractivity contribution < 1.29 is 18.8 Å². The maximum atomic E-state index is 13.2. The number of carbonyl (C=O) groups is 3. The highest BCUT2D eigenvalue weighted by atomic mass is 35.5. The number of rotatable bonds is 9. The molecule has 0 saturated heterocycles. The zero-order valence-electron chi connectivity index (χ0n) is 20.3. The second-order valence-electron chi connectivity index (χ2n) is 8.10. The van der Waals surface area contributed by atoms with E-state index < -0.39 is 17.1 Å². The van der Waals surface area contributed by atoms with Crippen LogP contribution in [0.25, 0.3) is 6.08 Å². The maximum Gasteiger partial charge on any atom is 0.272 e. The Kier molecular flexibility index (Phi) is 9.02. The fraction of sp³-hybridized carbons (Fsp3) is 0.0690. The fourth-order valence-electron chi connectivity index (χ4n) is 3.36. The summed E-state index contributed by atoms with van der Waals surface area (Å²) in [7, 11) is 0. The van der Waals surface area contributed by atoms with Crippen molar-refractivity contribution in [1.29, 1.82) is 0 Å². The van der Waals surface area contributed by atoms with Gasteiger partial charge in [0.1, 0.15) is 11.5 Å². The largest absolute Gasteiger partial charge is 0.465 e. The zero-order valence-corrected chi connectivity index (χ0v) is 21.9. The minimum Gasteiger partial charge on any atom is -0.465 e. The van der Waals surface area contributed by atoms with Gasteiger partial charge < -0.3 is 20.4 Å². The van der Waals surface area contributed by atoms with Crippen LogP contribution in [-0.4, -0.2) is 23.0 Å². The minimum absolute atomic E-state index is 0.0133. The van der Waals surface area contributed by atoms with Crippen LogP contribution in [0.4, 0.5) is 11.4 Å². The number of para-hydroxylation sites is 1. The summed E-state index contributed by atoms with van der Waals surface area (Å²) in [5.41, 5.74) is 1.46. The van der Waals surface area contributed by atoms with E-state index >= 15 is 0 Å². The molecule has 0 saturated carbocycles. The molecule has 0 bridgehead atoms. The number of thioether (sulfide) groups is 1. The maximum absolute atomic E-state index is 13.2. The second-order valence-corrected chi connectivity index (χ2v) is 9.93. The Balaban J connectivity index is 1.45. The summed E-state index contributed by atoms with van der Waals surface area (Å²) in [6.45, 7) is 1.78. The van der Waals surface area contributed by atoms with Crippen LogP contribution >= 0.6 is 23.4 Å². The standard InChI is InChI=1S/C29H24ClN3O4S/c1-19(27(34)32-25-15-6-5-14-24(25)30)38-23-13-7-11-21(17-23)31-29(36)26(18-22-12-8-16-37-22)33-28(35)20-9-3-2-4-10-20/h2-19H,1H3,(H,31,36)(H,32,34)(H,33,35)/b26-18-. The van der Waals surface area contributed by atoms with Gasteiger partial charge in [-0.05, 0) is 61.5 Å². The van der Waals surface area contributed by atoms with Crippen LogP contribution in [0.5, 0.6) is 0 Å². The number of anilines is 2. The molecular formula is C29H24ClN3O4S. The third-order valence-electron chi connectivity index (χ3n) is 5.26. The Morgan fingerprint density at radius 3 is 2.39 bits per heavy atom. The third-order valence-corrected chi connectivity index (χ3v) is 6.69. The lowest BCUT2D eigenvalue weighted by atomic mass is 10.2. The van der Waals surface area contributed by atoms with Crippen LogP contribution < -0.4 is 16.0 Å². The fourth-order valence-corrected chi connectivity index (χ4v) is 4.47. The zero-order chi connectivity index (χ0) is 26.9. The number of furan rings is 1. The van der Waals surface area contributed by atoms with Gasteiger partial charge in [0, 0.05) is 22.2 Å². The quantitative estimate of drug-likeness (QED) is 0.165. The van der Waals surface area contributed by atoms with E-state index in [0.717, 1.165) is 4.90 Å². The molecule has 0 radical (unpaired) electrons. The number of amides is 3. The van der Waals surface area contributed by atoms with E-state index in [4.69, 9.17) is 16.0 Å². The lowest BCUT2D eigenvalue weighted by Gasteiger charge is -2.14. The molecule has 0 aliphatic rings. The summed E-state index contributed by atoms with van der Waals surface area (Å²) in [6, 6.07) is 26.1. The van der Waals surface area contributed by atoms with E-state index in [2.05, 4.69) is 16.0 Å². The van der Waals surface area contributed by atoms with Crippen molar-refractivity contribution >= 4 is 58.5 Å². The van der Waals surface area contributed by atoms with Gasteiger partial charge in [0.25, 0.3) is 11.8 Å². The number of nitrogens with one attached hydrogen (secondary N) is 3. The van der Waals surface area contributed by atoms with Gasteiger partial charge in [-0.3, -0.25) is 14.4 Å². The Morgan fingerprint density at radius 2 is 1.66 bits per heavy atom. The van der Waals surface area contributed by atoms with Crippen molar-refractivity contribution in [2.45, 2.75) is 17.1 Å². The van der Waals surface area contributed by atoms with Gasteiger partial charge in [0.05, 0.1) is 22.2 Å². The highest BCUT2D eigenvalue weighted by Gasteiger charge is 2.18. The SMILES string of the molecule is CC(Sc1cccc(NC(=O)/C(=C/c2ccco2)NC(=O)c2ccccc2)c1)C(=O)Nc1ccccc1Cl. The molecule has 38 heavy (non-hydrogen) atoms. The first-order valence-corrected chi connectivity index (χ1v) is 12.9. The van der Waals surface area contributed by atoms with E-state index in [-0.39, 0.29) is 11.6 Å². The van der Waals surface area contributed by atoms with E-state index in [1.54, 1.807) is 91.9 Å². The molecular weight excluding hydrogens is 522 g/mol. The van der Waals surface area contributed by atoms with Gasteiger partial charge in [-0.2, -0.15) is 0 Å². The summed E-state index contributed by atoms with van der Waals surface area (Å²) < 4.78 is 5.33. The normalized spacial score (nSPS) is 11.9. The van der Waals surface area contributed by atoms with Crippen LogP contribution in [0.1, 0.15) is 23.0 Å². The third kappa shape index (κ3) is 7.38. The molecule has 7 nitrogen and oxygen atoms in total. The molecule has 1 unspecified atom stereocenters. The molecule has 9 heteroatoms. The minimum atomic E-state index is -0.530. The van der Waals surface area contributed by atoms with E-state index in [0.29, 0.717) is 27.7 Å². The van der Waals surface area contributed by atoms with Crippen molar-refractivity contribution in [3.8, 4) is 0 Å². The molecule has 3 N–H and O–H groups in total. The molecule has 0 spiro atoms. The predicted octanol–water partition coefficient (Wildman–Crippen LogP) is 6.46. The molecule has 0 aliphatic carbocycles. The smallest absolute Gasteiger partial charge is 0.272 e. The van der Waals surface area contributed by atoms with Gasteiger partial charge in [-0.15, -0.1) is 11.8 Å². The molecule has 3 aromatic carbocycles. The van der Waals surface area contributed by atoms with Gasteiger partial charge in [0.2, 0.25) is 5.91 Å².